The molecule has 0 radical (unpaired) electrons. The van der Waals surface area contributed by atoms with Crippen molar-refractivity contribution >= 4 is 21.6 Å². The van der Waals surface area contributed by atoms with Crippen LogP contribution in [0.3, 0.4) is 0 Å². The van der Waals surface area contributed by atoms with E-state index in [2.05, 4.69) is 5.32 Å². The second kappa shape index (κ2) is 8.68. The molecule has 3 aromatic rings. The van der Waals surface area contributed by atoms with Crippen molar-refractivity contribution in [2.75, 3.05) is 11.9 Å². The average molecular weight is 434 g/mol. The molecule has 0 bridgehead atoms. The van der Waals surface area contributed by atoms with Crippen LogP contribution >= 0.6 is 0 Å². The van der Waals surface area contributed by atoms with Gasteiger partial charge < -0.3 is 5.32 Å². The lowest BCUT2D eigenvalue weighted by Gasteiger charge is -2.10. The molecule has 0 unspecified atom stereocenters. The minimum Gasteiger partial charge on any atom is -0.322 e. The average Bonchev–Trinajstić information content (AvgIpc) is 2.73. The summed E-state index contributed by atoms with van der Waals surface area (Å²) in [7, 11) is -4.30. The summed E-state index contributed by atoms with van der Waals surface area (Å²) in [5.74, 6) is -0.402. The number of amides is 1. The number of benzene rings is 3. The Hall–Kier alpha value is -3.17. The summed E-state index contributed by atoms with van der Waals surface area (Å²) in [5, 5.41) is 2.62. The zero-order valence-corrected chi connectivity index (χ0v) is 16.3. The fraction of sp³-hybridized carbons (Fsp3) is 0.0952. The van der Waals surface area contributed by atoms with Crippen LogP contribution in [0.2, 0.25) is 0 Å². The summed E-state index contributed by atoms with van der Waals surface area (Å²) in [4.78, 5) is 12.1. The van der Waals surface area contributed by atoms with Crippen LogP contribution < -0.4 is 10.0 Å². The van der Waals surface area contributed by atoms with Crippen molar-refractivity contribution in [1.29, 1.82) is 0 Å². The molecule has 0 atom stereocenters. The van der Waals surface area contributed by atoms with E-state index in [0.717, 1.165) is 23.3 Å². The van der Waals surface area contributed by atoms with Crippen LogP contribution in [0.4, 0.5) is 18.9 Å². The Labute approximate surface area is 171 Å². The summed E-state index contributed by atoms with van der Waals surface area (Å²) in [6.07, 6.45) is -4.66. The van der Waals surface area contributed by atoms with Crippen molar-refractivity contribution in [3.05, 3.63) is 84.4 Å². The number of alkyl halides is 3. The van der Waals surface area contributed by atoms with Crippen molar-refractivity contribution in [1.82, 2.24) is 4.72 Å². The van der Waals surface area contributed by atoms with E-state index in [1.54, 1.807) is 12.1 Å². The van der Waals surface area contributed by atoms with Crippen LogP contribution in [0.25, 0.3) is 11.1 Å². The standard InChI is InChI=1S/C21H17F3N2O3S/c22-21(23,24)14-25-30(28,29)19-12-10-18(11-13-19)26-20(27)17-8-6-16(7-9-17)15-4-2-1-3-5-15/h1-13,25H,14H2,(H,26,27). The van der Waals surface area contributed by atoms with Crippen molar-refractivity contribution in [3.8, 4) is 11.1 Å². The van der Waals surface area contributed by atoms with Gasteiger partial charge in [0.15, 0.2) is 0 Å². The molecule has 0 heterocycles. The number of carbonyl (C=O) groups is 1. The predicted molar refractivity (Wildman–Crippen MR) is 108 cm³/mol. The van der Waals surface area contributed by atoms with E-state index in [1.165, 1.54) is 16.9 Å². The molecule has 0 aliphatic heterocycles. The highest BCUT2D eigenvalue weighted by molar-refractivity contribution is 7.89. The molecule has 0 saturated carbocycles. The van der Waals surface area contributed by atoms with E-state index in [-0.39, 0.29) is 4.90 Å². The number of sulfonamides is 1. The maximum Gasteiger partial charge on any atom is 0.402 e. The van der Waals surface area contributed by atoms with Gasteiger partial charge >= 0.3 is 6.18 Å². The van der Waals surface area contributed by atoms with Crippen molar-refractivity contribution in [2.24, 2.45) is 0 Å². The molecule has 30 heavy (non-hydrogen) atoms. The summed E-state index contributed by atoms with van der Waals surface area (Å²) in [6, 6.07) is 21.4. The highest BCUT2D eigenvalue weighted by Gasteiger charge is 2.30. The van der Waals surface area contributed by atoms with Crippen LogP contribution in [-0.2, 0) is 10.0 Å². The molecule has 3 rings (SSSR count). The predicted octanol–water partition coefficient (Wildman–Crippen LogP) is 4.45. The van der Waals surface area contributed by atoms with Crippen molar-refractivity contribution < 1.29 is 26.4 Å². The van der Waals surface area contributed by atoms with E-state index in [4.69, 9.17) is 0 Å². The fourth-order valence-electron chi connectivity index (χ4n) is 2.63. The van der Waals surface area contributed by atoms with Crippen LogP contribution in [0.1, 0.15) is 10.4 Å². The van der Waals surface area contributed by atoms with E-state index in [1.807, 2.05) is 42.5 Å². The first-order chi connectivity index (χ1) is 14.1. The molecule has 5 nitrogen and oxygen atoms in total. The zero-order chi connectivity index (χ0) is 21.8. The van der Waals surface area contributed by atoms with Crippen LogP contribution in [0.15, 0.2) is 83.8 Å². The summed E-state index contributed by atoms with van der Waals surface area (Å²) >= 11 is 0. The lowest BCUT2D eigenvalue weighted by atomic mass is 10.0. The Bertz CT molecular complexity index is 1110. The molecular formula is C21H17F3N2O3S. The van der Waals surface area contributed by atoms with Gasteiger partial charge in [-0.25, -0.2) is 13.1 Å². The topological polar surface area (TPSA) is 75.3 Å². The second-order valence-electron chi connectivity index (χ2n) is 6.36. The first-order valence-electron chi connectivity index (χ1n) is 8.77. The summed E-state index contributed by atoms with van der Waals surface area (Å²) in [6.45, 7) is -1.66. The maximum absolute atomic E-state index is 12.4. The normalized spacial score (nSPS) is 11.8. The molecule has 0 fully saturated rings. The molecule has 0 aliphatic carbocycles. The number of halogens is 3. The van der Waals surface area contributed by atoms with Gasteiger partial charge in [-0.15, -0.1) is 0 Å². The molecule has 156 valence electrons. The number of hydrogen-bond acceptors (Lipinski definition) is 3. The van der Waals surface area contributed by atoms with E-state index >= 15 is 0 Å². The van der Waals surface area contributed by atoms with E-state index in [9.17, 15) is 26.4 Å². The van der Waals surface area contributed by atoms with Gasteiger partial charge in [-0.05, 0) is 47.5 Å². The number of nitrogens with one attached hydrogen (secondary N) is 2. The zero-order valence-electron chi connectivity index (χ0n) is 15.5. The van der Waals surface area contributed by atoms with Gasteiger partial charge in [0.2, 0.25) is 10.0 Å². The van der Waals surface area contributed by atoms with Crippen LogP contribution in [0, 0.1) is 0 Å². The quantitative estimate of drug-likeness (QED) is 0.602. The molecule has 0 spiro atoms. The minimum absolute atomic E-state index is 0.307. The third kappa shape index (κ3) is 5.68. The number of carbonyl (C=O) groups excluding carboxylic acids is 1. The smallest absolute Gasteiger partial charge is 0.322 e. The van der Waals surface area contributed by atoms with Gasteiger partial charge in [-0.1, -0.05) is 42.5 Å². The molecule has 1 amide bonds. The SMILES string of the molecule is O=C(Nc1ccc(S(=O)(=O)NCC(F)(F)F)cc1)c1ccc(-c2ccccc2)cc1. The second-order valence-corrected chi connectivity index (χ2v) is 8.13. The number of anilines is 1. The van der Waals surface area contributed by atoms with Gasteiger partial charge in [-0.2, -0.15) is 13.2 Å². The maximum atomic E-state index is 12.4. The third-order valence-electron chi connectivity index (χ3n) is 4.14. The summed E-state index contributed by atoms with van der Waals surface area (Å²) < 4.78 is 61.9. The van der Waals surface area contributed by atoms with Gasteiger partial charge in [-0.3, -0.25) is 4.79 Å². The Morgan fingerprint density at radius 1 is 0.800 bits per heavy atom. The highest BCUT2D eigenvalue weighted by atomic mass is 32.2. The lowest BCUT2D eigenvalue weighted by Crippen LogP contribution is -2.33. The first kappa shape index (κ1) is 21.5. The summed E-state index contributed by atoms with van der Waals surface area (Å²) in [5.41, 5.74) is 2.67. The number of rotatable bonds is 6. The lowest BCUT2D eigenvalue weighted by molar-refractivity contribution is -0.121. The molecule has 0 saturated heterocycles. The van der Waals surface area contributed by atoms with Gasteiger partial charge in [0, 0.05) is 11.3 Å². The van der Waals surface area contributed by atoms with E-state index in [0.29, 0.717) is 11.3 Å². The van der Waals surface area contributed by atoms with Crippen molar-refractivity contribution in [3.63, 3.8) is 0 Å². The third-order valence-corrected chi connectivity index (χ3v) is 5.56. The molecular weight excluding hydrogens is 417 g/mol. The van der Waals surface area contributed by atoms with Crippen LogP contribution in [0.5, 0.6) is 0 Å². The Morgan fingerprint density at radius 2 is 1.37 bits per heavy atom. The minimum atomic E-state index is -4.66. The number of hydrogen-bond donors (Lipinski definition) is 2. The van der Waals surface area contributed by atoms with Crippen LogP contribution in [-0.4, -0.2) is 27.0 Å². The molecule has 2 N–H and O–H groups in total. The van der Waals surface area contributed by atoms with Crippen molar-refractivity contribution in [2.45, 2.75) is 11.1 Å². The van der Waals surface area contributed by atoms with Gasteiger partial charge in [0.25, 0.3) is 5.91 Å². The van der Waals surface area contributed by atoms with Gasteiger partial charge in [0.1, 0.15) is 6.54 Å². The Balaban J connectivity index is 1.66. The molecule has 3 aromatic carbocycles. The monoisotopic (exact) mass is 434 g/mol. The highest BCUT2D eigenvalue weighted by Crippen LogP contribution is 2.21. The largest absolute Gasteiger partial charge is 0.402 e. The first-order valence-corrected chi connectivity index (χ1v) is 10.3. The fourth-order valence-corrected chi connectivity index (χ4v) is 3.64. The molecule has 0 aromatic heterocycles. The Kier molecular flexibility index (Phi) is 6.23. The molecule has 0 aliphatic rings. The molecule has 9 heteroatoms. The van der Waals surface area contributed by atoms with Gasteiger partial charge in [0.05, 0.1) is 4.90 Å². The Morgan fingerprint density at radius 3 is 1.93 bits per heavy atom. The van der Waals surface area contributed by atoms with E-state index < -0.39 is 28.7 Å².